The Morgan fingerprint density at radius 3 is 2.60 bits per heavy atom. The van der Waals surface area contributed by atoms with Gasteiger partial charge in [0.05, 0.1) is 16.1 Å². The van der Waals surface area contributed by atoms with E-state index in [2.05, 4.69) is 4.98 Å². The van der Waals surface area contributed by atoms with Crippen LogP contribution in [0.2, 0.25) is 5.02 Å². The Hall–Kier alpha value is -1.70. The second kappa shape index (κ2) is 9.20. The molecule has 162 valence electrons. The van der Waals surface area contributed by atoms with Crippen molar-refractivity contribution in [1.82, 2.24) is 4.98 Å². The number of nitrogens with zero attached hydrogens (tertiary/aromatic N) is 2. The van der Waals surface area contributed by atoms with Gasteiger partial charge in [0.2, 0.25) is 11.8 Å². The fraction of sp³-hybridized carbons (Fsp3) is 0.591. The van der Waals surface area contributed by atoms with Crippen LogP contribution in [-0.2, 0) is 9.59 Å². The number of thiazole rings is 1. The number of carbonyl (C=O) groups excluding carboxylic acids is 2. The monoisotopic (exact) mass is 448 g/mol. The molecule has 2 saturated carbocycles. The molecule has 2 amide bonds. The van der Waals surface area contributed by atoms with Crippen LogP contribution >= 0.6 is 22.9 Å². The predicted octanol–water partition coefficient (Wildman–Crippen LogP) is 4.23. The highest BCUT2D eigenvalue weighted by Crippen LogP contribution is 2.38. The molecule has 30 heavy (non-hydrogen) atoms. The molecule has 2 fully saturated rings. The predicted molar refractivity (Wildman–Crippen MR) is 122 cm³/mol. The first-order chi connectivity index (χ1) is 14.4. The molecule has 2 atom stereocenters. The molecule has 1 aromatic heterocycles. The van der Waals surface area contributed by atoms with Gasteiger partial charge in [0, 0.05) is 23.5 Å². The van der Waals surface area contributed by atoms with Gasteiger partial charge in [-0.3, -0.25) is 14.5 Å². The SMILES string of the molecule is NC(=O)C(CC(=O)N(c1nc2ccc(Cl)cc2s1)C1CC1)[C@@H](N)CC1CCCCC1. The van der Waals surface area contributed by atoms with Crippen molar-refractivity contribution in [3.05, 3.63) is 23.2 Å². The number of benzene rings is 1. The standard InChI is InChI=1S/C22H29ClN4O2S/c23-14-6-9-18-19(11-14)30-22(26-18)27(15-7-8-15)20(28)12-16(21(25)29)17(24)10-13-4-2-1-3-5-13/h6,9,11,13,15-17H,1-5,7-8,10,12,24H2,(H2,25,29)/t16?,17-/m0/s1. The highest BCUT2D eigenvalue weighted by molar-refractivity contribution is 7.22. The van der Waals surface area contributed by atoms with Gasteiger partial charge in [-0.25, -0.2) is 4.98 Å². The summed E-state index contributed by atoms with van der Waals surface area (Å²) in [5.74, 6) is -0.729. The van der Waals surface area contributed by atoms with E-state index in [9.17, 15) is 9.59 Å². The zero-order valence-corrected chi connectivity index (χ0v) is 18.6. The Kier molecular flexibility index (Phi) is 6.60. The average Bonchev–Trinajstić information content (AvgIpc) is 3.45. The van der Waals surface area contributed by atoms with Crippen molar-refractivity contribution in [2.45, 2.75) is 69.9 Å². The van der Waals surface area contributed by atoms with Gasteiger partial charge in [-0.05, 0) is 43.4 Å². The first-order valence-electron chi connectivity index (χ1n) is 10.9. The van der Waals surface area contributed by atoms with E-state index < -0.39 is 11.8 Å². The van der Waals surface area contributed by atoms with Crippen LogP contribution in [0, 0.1) is 11.8 Å². The molecule has 2 aromatic rings. The number of primary amides is 1. The molecule has 2 aliphatic rings. The minimum absolute atomic E-state index is 0.0381. The zero-order chi connectivity index (χ0) is 21.3. The van der Waals surface area contributed by atoms with Gasteiger partial charge >= 0.3 is 0 Å². The molecule has 0 bridgehead atoms. The third-order valence-electron chi connectivity index (χ3n) is 6.33. The summed E-state index contributed by atoms with van der Waals surface area (Å²) in [7, 11) is 0. The second-order valence-corrected chi connectivity index (χ2v) is 10.2. The fourth-order valence-electron chi connectivity index (χ4n) is 4.51. The molecular formula is C22H29ClN4O2S. The summed E-state index contributed by atoms with van der Waals surface area (Å²) in [6, 6.07) is 5.27. The average molecular weight is 449 g/mol. The van der Waals surface area contributed by atoms with E-state index >= 15 is 0 Å². The Morgan fingerprint density at radius 1 is 1.20 bits per heavy atom. The number of anilines is 1. The lowest BCUT2D eigenvalue weighted by molar-refractivity contribution is -0.128. The van der Waals surface area contributed by atoms with Gasteiger partial charge in [0.25, 0.3) is 0 Å². The lowest BCUT2D eigenvalue weighted by Gasteiger charge is -2.29. The number of hydrogen-bond donors (Lipinski definition) is 2. The van der Waals surface area contributed by atoms with Gasteiger partial charge in [-0.2, -0.15) is 0 Å². The summed E-state index contributed by atoms with van der Waals surface area (Å²) < 4.78 is 0.941. The molecule has 6 nitrogen and oxygen atoms in total. The molecule has 8 heteroatoms. The molecule has 1 heterocycles. The van der Waals surface area contributed by atoms with Crippen molar-refractivity contribution < 1.29 is 9.59 Å². The number of carbonyl (C=O) groups is 2. The van der Waals surface area contributed by atoms with Crippen molar-refractivity contribution in [2.75, 3.05) is 4.90 Å². The molecule has 0 saturated heterocycles. The van der Waals surface area contributed by atoms with Crippen molar-refractivity contribution >= 4 is 50.1 Å². The lowest BCUT2D eigenvalue weighted by atomic mass is 9.81. The van der Waals surface area contributed by atoms with Crippen LogP contribution in [0.1, 0.15) is 57.8 Å². The number of hydrogen-bond acceptors (Lipinski definition) is 5. The molecule has 4 N–H and O–H groups in total. The largest absolute Gasteiger partial charge is 0.369 e. The molecule has 0 aliphatic heterocycles. The fourth-order valence-corrected chi connectivity index (χ4v) is 5.84. The maximum atomic E-state index is 13.3. The van der Waals surface area contributed by atoms with Gasteiger partial charge in [-0.15, -0.1) is 0 Å². The smallest absolute Gasteiger partial charge is 0.229 e. The van der Waals surface area contributed by atoms with Gasteiger partial charge in [-0.1, -0.05) is 55.0 Å². The van der Waals surface area contributed by atoms with Crippen LogP contribution in [0.4, 0.5) is 5.13 Å². The first kappa shape index (κ1) is 21.5. The topological polar surface area (TPSA) is 102 Å². The van der Waals surface area contributed by atoms with E-state index in [0.717, 1.165) is 42.3 Å². The highest BCUT2D eigenvalue weighted by atomic mass is 35.5. The summed E-state index contributed by atoms with van der Waals surface area (Å²) in [6.07, 6.45) is 8.68. The molecule has 0 spiro atoms. The number of nitrogens with two attached hydrogens (primary N) is 2. The maximum absolute atomic E-state index is 13.3. The quantitative estimate of drug-likeness (QED) is 0.630. The van der Waals surface area contributed by atoms with Gasteiger partial charge in [0.15, 0.2) is 5.13 Å². The van der Waals surface area contributed by atoms with Crippen molar-refractivity contribution in [1.29, 1.82) is 0 Å². The summed E-state index contributed by atoms with van der Waals surface area (Å²) in [4.78, 5) is 31.9. The van der Waals surface area contributed by atoms with E-state index in [0.29, 0.717) is 16.1 Å². The van der Waals surface area contributed by atoms with E-state index in [1.165, 1.54) is 30.6 Å². The number of fused-ring (bicyclic) bond motifs is 1. The van der Waals surface area contributed by atoms with Crippen LogP contribution in [-0.4, -0.2) is 28.9 Å². The van der Waals surface area contributed by atoms with E-state index in [1.54, 1.807) is 11.0 Å². The Bertz CT molecular complexity index is 923. The van der Waals surface area contributed by atoms with Crippen LogP contribution in [0.25, 0.3) is 10.2 Å². The third kappa shape index (κ3) is 4.95. The highest BCUT2D eigenvalue weighted by Gasteiger charge is 2.38. The van der Waals surface area contributed by atoms with E-state index in [-0.39, 0.29) is 24.4 Å². The number of aromatic nitrogens is 1. The summed E-state index contributed by atoms with van der Waals surface area (Å²) >= 11 is 7.55. The molecule has 4 rings (SSSR count). The van der Waals surface area contributed by atoms with E-state index in [4.69, 9.17) is 23.1 Å². The lowest BCUT2D eigenvalue weighted by Crippen LogP contribution is -2.44. The number of rotatable bonds is 8. The Balaban J connectivity index is 1.49. The van der Waals surface area contributed by atoms with E-state index in [1.807, 2.05) is 12.1 Å². The summed E-state index contributed by atoms with van der Waals surface area (Å²) in [6.45, 7) is 0. The van der Waals surface area contributed by atoms with Crippen LogP contribution in [0.3, 0.4) is 0 Å². The van der Waals surface area contributed by atoms with Crippen molar-refractivity contribution in [3.63, 3.8) is 0 Å². The first-order valence-corrected chi connectivity index (χ1v) is 12.0. The third-order valence-corrected chi connectivity index (χ3v) is 7.59. The van der Waals surface area contributed by atoms with Gasteiger partial charge in [0.1, 0.15) is 0 Å². The normalized spacial score (nSPS) is 19.5. The molecule has 0 radical (unpaired) electrons. The Labute approximate surface area is 186 Å². The summed E-state index contributed by atoms with van der Waals surface area (Å²) in [5.41, 5.74) is 12.9. The minimum atomic E-state index is -0.649. The number of amides is 2. The van der Waals surface area contributed by atoms with Crippen molar-refractivity contribution in [3.8, 4) is 0 Å². The molecule has 2 aliphatic carbocycles. The molecular weight excluding hydrogens is 420 g/mol. The van der Waals surface area contributed by atoms with Crippen LogP contribution in [0.15, 0.2) is 18.2 Å². The Morgan fingerprint density at radius 2 is 1.93 bits per heavy atom. The van der Waals surface area contributed by atoms with Crippen LogP contribution in [0.5, 0.6) is 0 Å². The zero-order valence-electron chi connectivity index (χ0n) is 17.1. The van der Waals surface area contributed by atoms with Crippen LogP contribution < -0.4 is 16.4 Å². The second-order valence-electron chi connectivity index (χ2n) is 8.72. The molecule has 1 unspecified atom stereocenters. The minimum Gasteiger partial charge on any atom is -0.369 e. The number of halogens is 1. The summed E-state index contributed by atoms with van der Waals surface area (Å²) in [5, 5.41) is 1.30. The maximum Gasteiger partial charge on any atom is 0.229 e. The van der Waals surface area contributed by atoms with Gasteiger partial charge < -0.3 is 11.5 Å². The van der Waals surface area contributed by atoms with Crippen molar-refractivity contribution in [2.24, 2.45) is 23.3 Å². The molecule has 1 aromatic carbocycles.